The van der Waals surface area contributed by atoms with Gasteiger partial charge in [-0.3, -0.25) is 10.1 Å². The van der Waals surface area contributed by atoms with Crippen molar-refractivity contribution in [3.8, 4) is 10.6 Å². The number of nitro benzene ring substituents is 1. The minimum Gasteiger partial charge on any atom is -0.258 e. The van der Waals surface area contributed by atoms with E-state index in [-0.39, 0.29) is 10.6 Å². The molecule has 1 aromatic carbocycles. The van der Waals surface area contributed by atoms with Gasteiger partial charge in [0.25, 0.3) is 5.69 Å². The van der Waals surface area contributed by atoms with Crippen molar-refractivity contribution in [1.29, 1.82) is 0 Å². The second-order valence-electron chi connectivity index (χ2n) is 5.46. The number of aryl methyl sites for hydroxylation is 1. The average molecular weight is 401 g/mol. The molecule has 0 unspecified atom stereocenters. The molecule has 0 aliphatic carbocycles. The van der Waals surface area contributed by atoms with Gasteiger partial charge in [0.15, 0.2) is 0 Å². The van der Waals surface area contributed by atoms with Crippen molar-refractivity contribution in [1.82, 2.24) is 15.2 Å². The number of rotatable bonds is 5. The van der Waals surface area contributed by atoms with Crippen molar-refractivity contribution in [2.75, 3.05) is 0 Å². The minimum absolute atomic E-state index is 0.0943. The largest absolute Gasteiger partial charge is 0.269 e. The maximum Gasteiger partial charge on any atom is 0.269 e. The van der Waals surface area contributed by atoms with E-state index < -0.39 is 0 Å². The van der Waals surface area contributed by atoms with Gasteiger partial charge in [-0.1, -0.05) is 30.0 Å². The minimum atomic E-state index is -0.383. The number of aromatic nitrogens is 3. The molecule has 0 amide bonds. The molecular weight excluding hydrogens is 388 g/mol. The SMILES string of the molecule is Cc1nc2c(SCc3cccc([N+](=O)[O-])c3)nnc(-c3cccs3)c2s1. The van der Waals surface area contributed by atoms with Crippen LogP contribution in [0.2, 0.25) is 0 Å². The number of hydrogen-bond donors (Lipinski definition) is 0. The number of non-ortho nitro benzene ring substituents is 1. The lowest BCUT2D eigenvalue weighted by Gasteiger charge is -2.04. The maximum atomic E-state index is 10.9. The van der Waals surface area contributed by atoms with Crippen LogP contribution in [0.15, 0.2) is 46.8 Å². The number of thiazole rings is 1. The van der Waals surface area contributed by atoms with Crippen LogP contribution < -0.4 is 0 Å². The van der Waals surface area contributed by atoms with E-state index in [1.54, 1.807) is 34.8 Å². The molecule has 3 heterocycles. The van der Waals surface area contributed by atoms with Crippen LogP contribution in [0.5, 0.6) is 0 Å². The molecular formula is C17H12N4O2S3. The Kier molecular flexibility index (Phi) is 4.66. The third-order valence-corrected chi connectivity index (χ3v) is 6.52. The Morgan fingerprint density at radius 2 is 2.12 bits per heavy atom. The van der Waals surface area contributed by atoms with Gasteiger partial charge in [0.1, 0.15) is 16.2 Å². The number of nitro groups is 1. The second kappa shape index (κ2) is 7.10. The van der Waals surface area contributed by atoms with Crippen molar-refractivity contribution in [3.05, 3.63) is 62.5 Å². The maximum absolute atomic E-state index is 10.9. The van der Waals surface area contributed by atoms with Gasteiger partial charge in [0.05, 0.1) is 19.5 Å². The number of benzene rings is 1. The fraction of sp³-hybridized carbons (Fsp3) is 0.118. The van der Waals surface area contributed by atoms with Crippen LogP contribution in [-0.2, 0) is 5.75 Å². The van der Waals surface area contributed by atoms with E-state index in [1.165, 1.54) is 17.8 Å². The van der Waals surface area contributed by atoms with E-state index >= 15 is 0 Å². The summed E-state index contributed by atoms with van der Waals surface area (Å²) in [5.41, 5.74) is 2.67. The summed E-state index contributed by atoms with van der Waals surface area (Å²) in [5.74, 6) is 0.570. The third-order valence-electron chi connectivity index (χ3n) is 3.64. The topological polar surface area (TPSA) is 81.8 Å². The van der Waals surface area contributed by atoms with E-state index in [9.17, 15) is 10.1 Å². The first kappa shape index (κ1) is 17.1. The highest BCUT2D eigenvalue weighted by atomic mass is 32.2. The summed E-state index contributed by atoms with van der Waals surface area (Å²) < 4.78 is 1.03. The predicted molar refractivity (Wildman–Crippen MR) is 106 cm³/mol. The lowest BCUT2D eigenvalue weighted by molar-refractivity contribution is -0.384. The quantitative estimate of drug-likeness (QED) is 0.256. The molecule has 0 bridgehead atoms. The van der Waals surface area contributed by atoms with E-state index in [0.717, 1.165) is 36.4 Å². The first-order chi connectivity index (χ1) is 12.6. The molecule has 3 aromatic heterocycles. The molecule has 9 heteroatoms. The van der Waals surface area contributed by atoms with Gasteiger partial charge in [-0.05, 0) is 23.9 Å². The number of fused-ring (bicyclic) bond motifs is 1. The Labute approximate surface area is 161 Å². The molecule has 4 aromatic rings. The molecule has 0 spiro atoms. The molecule has 130 valence electrons. The molecule has 0 N–H and O–H groups in total. The van der Waals surface area contributed by atoms with Crippen LogP contribution in [0.4, 0.5) is 5.69 Å². The molecule has 0 saturated heterocycles. The molecule has 0 saturated carbocycles. The van der Waals surface area contributed by atoms with Gasteiger partial charge in [-0.2, -0.15) is 0 Å². The molecule has 0 aliphatic heterocycles. The van der Waals surface area contributed by atoms with Crippen molar-refractivity contribution in [3.63, 3.8) is 0 Å². The number of thioether (sulfide) groups is 1. The summed E-state index contributed by atoms with van der Waals surface area (Å²) in [7, 11) is 0. The molecule has 26 heavy (non-hydrogen) atoms. The van der Waals surface area contributed by atoms with Gasteiger partial charge in [0, 0.05) is 17.9 Å². The molecule has 6 nitrogen and oxygen atoms in total. The highest BCUT2D eigenvalue weighted by Gasteiger charge is 2.16. The summed E-state index contributed by atoms with van der Waals surface area (Å²) in [6, 6.07) is 10.7. The highest BCUT2D eigenvalue weighted by molar-refractivity contribution is 7.98. The number of nitrogens with zero attached hydrogens (tertiary/aromatic N) is 4. The van der Waals surface area contributed by atoms with Crippen molar-refractivity contribution in [2.24, 2.45) is 0 Å². The third kappa shape index (κ3) is 3.33. The standard InChI is InChI=1S/C17H12N4O2S3/c1-10-18-15-16(26-10)14(13-6-3-7-24-13)19-20-17(15)25-9-11-4-2-5-12(8-11)21(22)23/h2-8H,9H2,1H3. The summed E-state index contributed by atoms with van der Waals surface area (Å²) in [4.78, 5) is 16.2. The van der Waals surface area contributed by atoms with Crippen molar-refractivity contribution < 1.29 is 4.92 Å². The Morgan fingerprint density at radius 3 is 2.88 bits per heavy atom. The van der Waals surface area contributed by atoms with Gasteiger partial charge in [0.2, 0.25) is 0 Å². The zero-order valence-corrected chi connectivity index (χ0v) is 16.0. The van der Waals surface area contributed by atoms with Crippen LogP contribution in [0, 0.1) is 17.0 Å². The van der Waals surface area contributed by atoms with E-state index in [0.29, 0.717) is 5.75 Å². The zero-order chi connectivity index (χ0) is 18.1. The lowest BCUT2D eigenvalue weighted by Crippen LogP contribution is -1.93. The second-order valence-corrected chi connectivity index (χ2v) is 8.57. The molecule has 0 aliphatic rings. The van der Waals surface area contributed by atoms with E-state index in [4.69, 9.17) is 0 Å². The Bertz CT molecular complexity index is 1090. The fourth-order valence-electron chi connectivity index (χ4n) is 2.50. The summed E-state index contributed by atoms with van der Waals surface area (Å²) in [5, 5.41) is 23.4. The highest BCUT2D eigenvalue weighted by Crippen LogP contribution is 2.37. The Hall–Kier alpha value is -2.36. The van der Waals surface area contributed by atoms with Crippen molar-refractivity contribution >= 4 is 50.3 Å². The van der Waals surface area contributed by atoms with Crippen LogP contribution in [0.3, 0.4) is 0 Å². The Balaban J connectivity index is 1.66. The predicted octanol–water partition coefficient (Wildman–Crippen LogP) is 5.32. The monoisotopic (exact) mass is 400 g/mol. The summed E-state index contributed by atoms with van der Waals surface area (Å²) >= 11 is 4.73. The van der Waals surface area contributed by atoms with E-state index in [1.807, 2.05) is 30.5 Å². The van der Waals surface area contributed by atoms with E-state index in [2.05, 4.69) is 15.2 Å². The van der Waals surface area contributed by atoms with Crippen LogP contribution in [0.25, 0.3) is 20.8 Å². The number of hydrogen-bond acceptors (Lipinski definition) is 8. The van der Waals surface area contributed by atoms with Gasteiger partial charge >= 0.3 is 0 Å². The summed E-state index contributed by atoms with van der Waals surface area (Å²) in [6.45, 7) is 1.97. The van der Waals surface area contributed by atoms with Crippen LogP contribution in [0.1, 0.15) is 10.6 Å². The van der Waals surface area contributed by atoms with Crippen molar-refractivity contribution in [2.45, 2.75) is 17.7 Å². The lowest BCUT2D eigenvalue weighted by atomic mass is 10.2. The Morgan fingerprint density at radius 1 is 1.23 bits per heavy atom. The zero-order valence-electron chi connectivity index (χ0n) is 13.6. The first-order valence-corrected chi connectivity index (χ1v) is 10.3. The molecule has 0 fully saturated rings. The average Bonchev–Trinajstić information content (AvgIpc) is 3.29. The fourth-order valence-corrected chi connectivity index (χ4v) is 5.13. The normalized spacial score (nSPS) is 11.1. The van der Waals surface area contributed by atoms with Gasteiger partial charge in [-0.15, -0.1) is 32.9 Å². The molecule has 4 rings (SSSR count). The van der Waals surface area contributed by atoms with Gasteiger partial charge < -0.3 is 0 Å². The summed E-state index contributed by atoms with van der Waals surface area (Å²) in [6.07, 6.45) is 0. The smallest absolute Gasteiger partial charge is 0.258 e. The number of thiophene rings is 1. The van der Waals surface area contributed by atoms with Crippen LogP contribution in [-0.4, -0.2) is 20.1 Å². The first-order valence-electron chi connectivity index (χ1n) is 7.65. The molecule has 0 radical (unpaired) electrons. The van der Waals surface area contributed by atoms with Gasteiger partial charge in [-0.25, -0.2) is 4.98 Å². The van der Waals surface area contributed by atoms with Crippen LogP contribution >= 0.6 is 34.4 Å². The molecule has 0 atom stereocenters.